The molecule has 3 N–H and O–H groups in total. The summed E-state index contributed by atoms with van der Waals surface area (Å²) in [5, 5.41) is 8.56. The van der Waals surface area contributed by atoms with E-state index in [0.717, 1.165) is 5.39 Å². The molecule has 3 aromatic rings. The zero-order chi connectivity index (χ0) is 22.9. The minimum atomic E-state index is -3.94. The molecule has 1 saturated heterocycles. The number of carbonyl (C=O) groups is 1. The van der Waals surface area contributed by atoms with Crippen LogP contribution >= 0.6 is 0 Å². The molecular formula is C22H22F2N4O3S. The number of rotatable bonds is 4. The Bertz CT molecular complexity index is 1280. The molecule has 1 aliphatic rings. The molecule has 0 aliphatic carbocycles. The van der Waals surface area contributed by atoms with Crippen LogP contribution in [0.1, 0.15) is 29.6 Å². The number of anilines is 2. The zero-order valence-corrected chi connectivity index (χ0v) is 17.9. The molecule has 7 nitrogen and oxygen atoms in total. The van der Waals surface area contributed by atoms with Crippen molar-refractivity contribution in [2.24, 2.45) is 5.14 Å². The van der Waals surface area contributed by atoms with Gasteiger partial charge in [-0.2, -0.15) is 0 Å². The van der Waals surface area contributed by atoms with Gasteiger partial charge < -0.3 is 10.2 Å². The zero-order valence-electron chi connectivity index (χ0n) is 17.1. The monoisotopic (exact) mass is 460 g/mol. The fraction of sp³-hybridized carbons (Fsp3) is 0.273. The standard InChI is InChI=1S/C22H22F2N4O3S/c23-22(24)9-4-11-28(12-10-22)20-18(13-15-5-1-2-8-19(15)27-20)21(29)26-16-6-3-7-17(14-16)32(25,30)31/h1-3,5-8,13-14H,4,9-12H2,(H,26,29)(H2,25,30,31). The van der Waals surface area contributed by atoms with Crippen LogP contribution in [0.25, 0.3) is 10.9 Å². The van der Waals surface area contributed by atoms with Gasteiger partial charge in [-0.3, -0.25) is 4.79 Å². The van der Waals surface area contributed by atoms with E-state index >= 15 is 0 Å². The molecule has 0 saturated carbocycles. The molecule has 0 bridgehead atoms. The van der Waals surface area contributed by atoms with Crippen molar-refractivity contribution in [3.8, 4) is 0 Å². The second-order valence-corrected chi connectivity index (χ2v) is 9.34. The van der Waals surface area contributed by atoms with Gasteiger partial charge >= 0.3 is 0 Å². The Morgan fingerprint density at radius 2 is 1.84 bits per heavy atom. The quantitative estimate of drug-likeness (QED) is 0.617. The van der Waals surface area contributed by atoms with Crippen LogP contribution in [0, 0.1) is 0 Å². The van der Waals surface area contributed by atoms with Crippen molar-refractivity contribution in [3.05, 3.63) is 60.2 Å². The van der Waals surface area contributed by atoms with Gasteiger partial charge in [-0.15, -0.1) is 0 Å². The number of nitrogens with zero attached hydrogens (tertiary/aromatic N) is 2. The normalized spacial score (nSPS) is 16.5. The largest absolute Gasteiger partial charge is 0.356 e. The number of nitrogens with one attached hydrogen (secondary N) is 1. The Balaban J connectivity index is 1.72. The number of pyridine rings is 1. The summed E-state index contributed by atoms with van der Waals surface area (Å²) in [4.78, 5) is 19.4. The van der Waals surface area contributed by atoms with Gasteiger partial charge in [-0.25, -0.2) is 27.3 Å². The topological polar surface area (TPSA) is 105 Å². The van der Waals surface area contributed by atoms with Crippen molar-refractivity contribution < 1.29 is 22.0 Å². The predicted octanol–water partition coefficient (Wildman–Crippen LogP) is 3.76. The molecule has 0 unspecified atom stereocenters. The van der Waals surface area contributed by atoms with E-state index in [0.29, 0.717) is 17.9 Å². The van der Waals surface area contributed by atoms with Crippen LogP contribution in [0.3, 0.4) is 0 Å². The van der Waals surface area contributed by atoms with E-state index in [-0.39, 0.29) is 42.0 Å². The van der Waals surface area contributed by atoms with Crippen LogP contribution in [0.5, 0.6) is 0 Å². The van der Waals surface area contributed by atoms with E-state index in [1.165, 1.54) is 24.3 Å². The van der Waals surface area contributed by atoms with E-state index in [1.807, 2.05) is 12.1 Å². The highest BCUT2D eigenvalue weighted by molar-refractivity contribution is 7.89. The first-order valence-electron chi connectivity index (χ1n) is 10.1. The third-order valence-electron chi connectivity index (χ3n) is 5.39. The number of alkyl halides is 2. The van der Waals surface area contributed by atoms with Gasteiger partial charge in [0.1, 0.15) is 5.82 Å². The first-order chi connectivity index (χ1) is 15.1. The molecule has 0 radical (unpaired) electrons. The lowest BCUT2D eigenvalue weighted by Gasteiger charge is -2.24. The summed E-state index contributed by atoms with van der Waals surface area (Å²) in [5.74, 6) is -2.95. The summed E-state index contributed by atoms with van der Waals surface area (Å²) in [7, 11) is -3.94. The summed E-state index contributed by atoms with van der Waals surface area (Å²) in [5.41, 5.74) is 1.10. The van der Waals surface area contributed by atoms with Gasteiger partial charge in [0.15, 0.2) is 0 Å². The summed E-state index contributed by atoms with van der Waals surface area (Å²) in [6, 6.07) is 14.5. The molecule has 0 spiro atoms. The van der Waals surface area contributed by atoms with Crippen LogP contribution in [-0.2, 0) is 10.0 Å². The Kier molecular flexibility index (Phi) is 5.83. The maximum Gasteiger partial charge on any atom is 0.259 e. The fourth-order valence-electron chi connectivity index (χ4n) is 3.74. The Morgan fingerprint density at radius 3 is 2.62 bits per heavy atom. The van der Waals surface area contributed by atoms with E-state index in [4.69, 9.17) is 5.14 Å². The molecule has 0 atom stereocenters. The number of halogens is 2. The molecule has 4 rings (SSSR count). The van der Waals surface area contributed by atoms with E-state index < -0.39 is 21.9 Å². The number of hydrogen-bond donors (Lipinski definition) is 2. The van der Waals surface area contributed by atoms with E-state index in [1.54, 1.807) is 23.1 Å². The first-order valence-corrected chi connectivity index (χ1v) is 11.6. The predicted molar refractivity (Wildman–Crippen MR) is 119 cm³/mol. The van der Waals surface area contributed by atoms with Crippen LogP contribution in [-0.4, -0.2) is 38.3 Å². The van der Waals surface area contributed by atoms with Gasteiger partial charge in [-0.05, 0) is 36.8 Å². The summed E-state index contributed by atoms with van der Waals surface area (Å²) in [6.45, 7) is 0.418. The summed E-state index contributed by atoms with van der Waals surface area (Å²) in [6.07, 6.45) is -0.253. The lowest BCUT2D eigenvalue weighted by molar-refractivity contribution is -0.0102. The number of benzene rings is 2. The highest BCUT2D eigenvalue weighted by atomic mass is 32.2. The maximum atomic E-state index is 13.9. The molecule has 168 valence electrons. The third kappa shape index (κ3) is 4.86. The van der Waals surface area contributed by atoms with Crippen LogP contribution < -0.4 is 15.4 Å². The molecule has 1 aliphatic heterocycles. The van der Waals surface area contributed by atoms with Crippen molar-refractivity contribution >= 4 is 38.3 Å². The average molecular weight is 461 g/mol. The van der Waals surface area contributed by atoms with Crippen molar-refractivity contribution in [1.29, 1.82) is 0 Å². The number of fused-ring (bicyclic) bond motifs is 1. The van der Waals surface area contributed by atoms with Gasteiger partial charge in [0.05, 0.1) is 16.0 Å². The van der Waals surface area contributed by atoms with Gasteiger partial charge in [0.25, 0.3) is 5.91 Å². The highest BCUT2D eigenvalue weighted by Crippen LogP contribution is 2.32. The van der Waals surface area contributed by atoms with Crippen molar-refractivity contribution in [2.45, 2.75) is 30.1 Å². The van der Waals surface area contributed by atoms with Crippen LogP contribution in [0.4, 0.5) is 20.3 Å². The molecule has 1 aromatic heterocycles. The number of carbonyl (C=O) groups excluding carboxylic acids is 1. The third-order valence-corrected chi connectivity index (χ3v) is 6.30. The number of primary sulfonamides is 1. The molecule has 1 amide bonds. The number of aromatic nitrogens is 1. The Morgan fingerprint density at radius 1 is 1.06 bits per heavy atom. The SMILES string of the molecule is NS(=O)(=O)c1cccc(NC(=O)c2cc3ccccc3nc2N2CCCC(F)(F)CC2)c1. The second kappa shape index (κ2) is 8.44. The van der Waals surface area contributed by atoms with Crippen LogP contribution in [0.15, 0.2) is 59.5 Å². The van der Waals surface area contributed by atoms with Gasteiger partial charge in [0, 0.05) is 37.0 Å². The molecule has 10 heteroatoms. The Labute approximate surface area is 184 Å². The van der Waals surface area contributed by atoms with Crippen molar-refractivity contribution in [3.63, 3.8) is 0 Å². The van der Waals surface area contributed by atoms with E-state index in [9.17, 15) is 22.0 Å². The van der Waals surface area contributed by atoms with Crippen LogP contribution in [0.2, 0.25) is 0 Å². The average Bonchev–Trinajstić information content (AvgIpc) is 2.92. The molecule has 32 heavy (non-hydrogen) atoms. The number of nitrogens with two attached hydrogens (primary N) is 1. The first kappa shape index (κ1) is 22.1. The van der Waals surface area contributed by atoms with Gasteiger partial charge in [-0.1, -0.05) is 24.3 Å². The summed E-state index contributed by atoms with van der Waals surface area (Å²) >= 11 is 0. The molecule has 2 heterocycles. The van der Waals surface area contributed by atoms with Gasteiger partial charge in [0.2, 0.25) is 15.9 Å². The number of para-hydroxylation sites is 1. The summed E-state index contributed by atoms with van der Waals surface area (Å²) < 4.78 is 51.0. The maximum absolute atomic E-state index is 13.9. The number of amides is 1. The van der Waals surface area contributed by atoms with Crippen molar-refractivity contribution in [2.75, 3.05) is 23.3 Å². The smallest absolute Gasteiger partial charge is 0.259 e. The second-order valence-electron chi connectivity index (χ2n) is 7.78. The highest BCUT2D eigenvalue weighted by Gasteiger charge is 2.33. The molecule has 1 fully saturated rings. The number of hydrogen-bond acceptors (Lipinski definition) is 5. The minimum absolute atomic E-state index is 0.0690. The lowest BCUT2D eigenvalue weighted by Crippen LogP contribution is -2.29. The van der Waals surface area contributed by atoms with Crippen molar-refractivity contribution in [1.82, 2.24) is 4.98 Å². The Hall–Kier alpha value is -3.11. The number of sulfonamides is 1. The fourth-order valence-corrected chi connectivity index (χ4v) is 4.30. The molecular weight excluding hydrogens is 438 g/mol. The van der Waals surface area contributed by atoms with E-state index in [2.05, 4.69) is 10.3 Å². The minimum Gasteiger partial charge on any atom is -0.356 e. The lowest BCUT2D eigenvalue weighted by atomic mass is 10.1. The molecule has 2 aromatic carbocycles.